The summed E-state index contributed by atoms with van der Waals surface area (Å²) in [5.41, 5.74) is 1.12. The summed E-state index contributed by atoms with van der Waals surface area (Å²) < 4.78 is 5.71. The second kappa shape index (κ2) is 5.38. The van der Waals surface area contributed by atoms with Crippen LogP contribution in [0.25, 0.3) is 0 Å². The molecule has 2 heteroatoms. The maximum absolute atomic E-state index is 10.9. The Hall–Kier alpha value is -1.28. The highest BCUT2D eigenvalue weighted by molar-refractivity contribution is 5.31. The summed E-state index contributed by atoms with van der Waals surface area (Å²) in [5.74, 6) is 0.803. The predicted molar refractivity (Wildman–Crippen MR) is 75.9 cm³/mol. The number of hydrogen-bond acceptors (Lipinski definition) is 2. The maximum atomic E-state index is 10.9. The summed E-state index contributed by atoms with van der Waals surface area (Å²) in [6.07, 6.45) is 8.18. The Morgan fingerprint density at radius 1 is 1.05 bits per heavy atom. The van der Waals surface area contributed by atoms with Crippen molar-refractivity contribution in [3.63, 3.8) is 0 Å². The topological polar surface area (TPSA) is 29.5 Å². The molecule has 2 aliphatic rings. The van der Waals surface area contributed by atoms with Crippen molar-refractivity contribution in [2.45, 2.75) is 50.0 Å². The Kier molecular flexibility index (Phi) is 3.61. The SMILES string of the molecule is OC(C1=CCCCO1)C1(c2ccccc2)CCCC1. The van der Waals surface area contributed by atoms with E-state index in [1.54, 1.807) is 0 Å². The van der Waals surface area contributed by atoms with Crippen molar-refractivity contribution >= 4 is 0 Å². The summed E-state index contributed by atoms with van der Waals surface area (Å²) in [6.45, 7) is 0.744. The molecule has 0 spiro atoms. The second-order valence-electron chi connectivity index (χ2n) is 5.73. The molecule has 2 nitrogen and oxygen atoms in total. The van der Waals surface area contributed by atoms with E-state index in [4.69, 9.17) is 4.74 Å². The normalized spacial score (nSPS) is 23.5. The molecule has 0 aromatic heterocycles. The Morgan fingerprint density at radius 3 is 2.42 bits per heavy atom. The fraction of sp³-hybridized carbons (Fsp3) is 0.529. The lowest BCUT2D eigenvalue weighted by Gasteiger charge is -2.36. The highest BCUT2D eigenvalue weighted by Gasteiger charge is 2.44. The van der Waals surface area contributed by atoms with Crippen LogP contribution in [0.2, 0.25) is 0 Å². The zero-order valence-electron chi connectivity index (χ0n) is 11.3. The molecule has 0 saturated heterocycles. The highest BCUT2D eigenvalue weighted by atomic mass is 16.5. The van der Waals surface area contributed by atoms with Crippen LogP contribution in [0.4, 0.5) is 0 Å². The van der Waals surface area contributed by atoms with Crippen molar-refractivity contribution in [2.24, 2.45) is 0 Å². The van der Waals surface area contributed by atoms with Crippen LogP contribution in [0.15, 0.2) is 42.2 Å². The third kappa shape index (κ3) is 2.30. The van der Waals surface area contributed by atoms with Gasteiger partial charge in [0.2, 0.25) is 0 Å². The molecule has 1 saturated carbocycles. The summed E-state index contributed by atoms with van der Waals surface area (Å²) >= 11 is 0. The molecule has 1 N–H and O–H groups in total. The fourth-order valence-corrected chi connectivity index (χ4v) is 3.54. The van der Waals surface area contributed by atoms with E-state index in [-0.39, 0.29) is 5.41 Å². The van der Waals surface area contributed by atoms with Gasteiger partial charge in [-0.1, -0.05) is 43.2 Å². The number of ether oxygens (including phenoxy) is 1. The van der Waals surface area contributed by atoms with E-state index in [1.807, 2.05) is 6.07 Å². The molecule has 1 aromatic rings. The van der Waals surface area contributed by atoms with Gasteiger partial charge in [-0.05, 0) is 37.3 Å². The Balaban J connectivity index is 1.94. The lowest BCUT2D eigenvalue weighted by atomic mass is 9.73. The first-order valence-electron chi connectivity index (χ1n) is 7.39. The van der Waals surface area contributed by atoms with Gasteiger partial charge in [0.05, 0.1) is 6.61 Å². The number of rotatable bonds is 3. The van der Waals surface area contributed by atoms with Crippen LogP contribution in [0.5, 0.6) is 0 Å². The minimum Gasteiger partial charge on any atom is -0.495 e. The Labute approximate surface area is 115 Å². The molecule has 1 aliphatic heterocycles. The minimum absolute atomic E-state index is 0.134. The number of allylic oxidation sites excluding steroid dienone is 1. The van der Waals surface area contributed by atoms with Gasteiger partial charge in [-0.2, -0.15) is 0 Å². The predicted octanol–water partition coefficient (Wildman–Crippen LogP) is 3.55. The standard InChI is InChI=1S/C17H22O2/c18-16(15-10-4-7-13-19-15)17(11-5-6-12-17)14-8-2-1-3-9-14/h1-3,8-10,16,18H,4-7,11-13H2. The number of hydrogen-bond donors (Lipinski definition) is 1. The lowest BCUT2D eigenvalue weighted by Crippen LogP contribution is -2.39. The summed E-state index contributed by atoms with van der Waals surface area (Å²) in [5, 5.41) is 10.9. The van der Waals surface area contributed by atoms with Gasteiger partial charge in [-0.15, -0.1) is 0 Å². The van der Waals surface area contributed by atoms with Crippen LogP contribution in [0, 0.1) is 0 Å². The van der Waals surface area contributed by atoms with E-state index in [9.17, 15) is 5.11 Å². The lowest BCUT2D eigenvalue weighted by molar-refractivity contribution is 0.0394. The third-order valence-electron chi connectivity index (χ3n) is 4.60. The van der Waals surface area contributed by atoms with Crippen molar-refractivity contribution in [2.75, 3.05) is 6.61 Å². The minimum atomic E-state index is -0.488. The van der Waals surface area contributed by atoms with Gasteiger partial charge >= 0.3 is 0 Å². The molecule has 1 aliphatic carbocycles. The van der Waals surface area contributed by atoms with Crippen molar-refractivity contribution in [1.29, 1.82) is 0 Å². The molecular formula is C17H22O2. The van der Waals surface area contributed by atoms with Crippen LogP contribution in [0.1, 0.15) is 44.1 Å². The van der Waals surface area contributed by atoms with Crippen LogP contribution in [0.3, 0.4) is 0 Å². The smallest absolute Gasteiger partial charge is 0.121 e. The molecule has 3 rings (SSSR count). The molecule has 1 fully saturated rings. The van der Waals surface area contributed by atoms with Gasteiger partial charge in [0.25, 0.3) is 0 Å². The number of benzene rings is 1. The molecular weight excluding hydrogens is 236 g/mol. The number of aliphatic hydroxyl groups excluding tert-OH is 1. The average molecular weight is 258 g/mol. The van der Waals surface area contributed by atoms with E-state index in [0.717, 1.165) is 38.0 Å². The molecule has 0 radical (unpaired) electrons. The summed E-state index contributed by atoms with van der Waals surface area (Å²) in [7, 11) is 0. The molecule has 0 bridgehead atoms. The monoisotopic (exact) mass is 258 g/mol. The van der Waals surface area contributed by atoms with Gasteiger partial charge in [-0.3, -0.25) is 0 Å². The molecule has 1 heterocycles. The largest absolute Gasteiger partial charge is 0.495 e. The zero-order valence-corrected chi connectivity index (χ0v) is 11.3. The van der Waals surface area contributed by atoms with Crippen molar-refractivity contribution in [1.82, 2.24) is 0 Å². The first kappa shape index (κ1) is 12.7. The molecule has 19 heavy (non-hydrogen) atoms. The second-order valence-corrected chi connectivity index (χ2v) is 5.73. The molecule has 1 unspecified atom stereocenters. The molecule has 0 amide bonds. The van der Waals surface area contributed by atoms with Gasteiger partial charge in [0.15, 0.2) is 0 Å². The van der Waals surface area contributed by atoms with E-state index in [2.05, 4.69) is 30.3 Å². The van der Waals surface area contributed by atoms with Gasteiger partial charge < -0.3 is 9.84 Å². The van der Waals surface area contributed by atoms with Crippen molar-refractivity contribution in [3.05, 3.63) is 47.7 Å². The summed E-state index contributed by atoms with van der Waals surface area (Å²) in [6, 6.07) is 10.5. The van der Waals surface area contributed by atoms with Crippen molar-refractivity contribution in [3.8, 4) is 0 Å². The van der Waals surface area contributed by atoms with Crippen LogP contribution in [-0.2, 0) is 10.2 Å². The van der Waals surface area contributed by atoms with Crippen LogP contribution >= 0.6 is 0 Å². The highest BCUT2D eigenvalue weighted by Crippen LogP contribution is 2.46. The average Bonchev–Trinajstić information content (AvgIpc) is 2.99. The first-order valence-corrected chi connectivity index (χ1v) is 7.39. The Morgan fingerprint density at radius 2 is 1.79 bits per heavy atom. The first-order chi connectivity index (χ1) is 9.33. The molecule has 1 atom stereocenters. The van der Waals surface area contributed by atoms with Crippen LogP contribution < -0.4 is 0 Å². The molecule has 102 valence electrons. The van der Waals surface area contributed by atoms with Gasteiger partial charge in [0, 0.05) is 5.41 Å². The Bertz CT molecular complexity index is 444. The third-order valence-corrected chi connectivity index (χ3v) is 4.60. The van der Waals surface area contributed by atoms with E-state index in [0.29, 0.717) is 0 Å². The van der Waals surface area contributed by atoms with E-state index >= 15 is 0 Å². The van der Waals surface area contributed by atoms with Crippen LogP contribution in [-0.4, -0.2) is 17.8 Å². The summed E-state index contributed by atoms with van der Waals surface area (Å²) in [4.78, 5) is 0. The quantitative estimate of drug-likeness (QED) is 0.898. The zero-order chi connectivity index (χ0) is 13.1. The molecule has 1 aromatic carbocycles. The van der Waals surface area contributed by atoms with Gasteiger partial charge in [0.1, 0.15) is 11.9 Å². The fourth-order valence-electron chi connectivity index (χ4n) is 3.54. The number of aliphatic hydroxyl groups is 1. The maximum Gasteiger partial charge on any atom is 0.121 e. The van der Waals surface area contributed by atoms with E-state index < -0.39 is 6.10 Å². The van der Waals surface area contributed by atoms with Gasteiger partial charge in [-0.25, -0.2) is 0 Å². The van der Waals surface area contributed by atoms with Crippen molar-refractivity contribution < 1.29 is 9.84 Å². The van der Waals surface area contributed by atoms with E-state index in [1.165, 1.54) is 18.4 Å².